The maximum atomic E-state index is 11.4. The quantitative estimate of drug-likeness (QED) is 0.783. The highest BCUT2D eigenvalue weighted by Crippen LogP contribution is 2.43. The first-order valence-electron chi connectivity index (χ1n) is 8.00. The lowest BCUT2D eigenvalue weighted by molar-refractivity contribution is -0.0509. The van der Waals surface area contributed by atoms with Gasteiger partial charge in [0.2, 0.25) is 0 Å². The van der Waals surface area contributed by atoms with Gasteiger partial charge in [-0.2, -0.15) is 0 Å². The Balaban J connectivity index is 1.57. The Labute approximate surface area is 126 Å². The molecule has 114 valence electrons. The normalized spacial score (nSPS) is 23.6. The van der Waals surface area contributed by atoms with E-state index in [-0.39, 0.29) is 17.5 Å². The molecule has 3 heteroatoms. The zero-order valence-electron chi connectivity index (χ0n) is 13.0. The minimum Gasteiger partial charge on any atom is -0.491 e. The number of aryl methyl sites for hydroxylation is 1. The second-order valence-electron chi connectivity index (χ2n) is 6.52. The first kappa shape index (κ1) is 14.6. The molecule has 0 radical (unpaired) electrons. The fourth-order valence-corrected chi connectivity index (χ4v) is 3.61. The number of hydrogen-bond donors (Lipinski definition) is 0. The highest BCUT2D eigenvalue weighted by molar-refractivity contribution is 5.94. The SMILES string of the molecule is CC(=O)c1ccc(OCC2CCC3(CCCC3)O2)c(C)c1. The monoisotopic (exact) mass is 288 g/mol. The zero-order chi connectivity index (χ0) is 14.9. The molecule has 1 heterocycles. The molecule has 1 aliphatic heterocycles. The number of benzene rings is 1. The first-order valence-corrected chi connectivity index (χ1v) is 8.00. The third-order valence-electron chi connectivity index (χ3n) is 4.86. The van der Waals surface area contributed by atoms with Crippen molar-refractivity contribution >= 4 is 5.78 Å². The molecular weight excluding hydrogens is 264 g/mol. The highest BCUT2D eigenvalue weighted by atomic mass is 16.6. The molecule has 2 fully saturated rings. The maximum Gasteiger partial charge on any atom is 0.159 e. The third kappa shape index (κ3) is 3.13. The molecule has 2 aliphatic rings. The topological polar surface area (TPSA) is 35.5 Å². The number of rotatable bonds is 4. The van der Waals surface area contributed by atoms with Gasteiger partial charge in [-0.15, -0.1) is 0 Å². The Morgan fingerprint density at radius 3 is 2.76 bits per heavy atom. The molecule has 1 saturated carbocycles. The van der Waals surface area contributed by atoms with Crippen LogP contribution < -0.4 is 4.74 Å². The smallest absolute Gasteiger partial charge is 0.159 e. The molecule has 3 rings (SSSR count). The van der Waals surface area contributed by atoms with E-state index in [4.69, 9.17) is 9.47 Å². The predicted octanol–water partition coefficient (Wildman–Crippen LogP) is 4.07. The Bertz CT molecular complexity index is 529. The third-order valence-corrected chi connectivity index (χ3v) is 4.86. The summed E-state index contributed by atoms with van der Waals surface area (Å²) in [6.45, 7) is 4.18. The summed E-state index contributed by atoms with van der Waals surface area (Å²) in [6, 6.07) is 5.62. The van der Waals surface area contributed by atoms with Crippen LogP contribution in [0, 0.1) is 6.92 Å². The molecule has 1 atom stereocenters. The second kappa shape index (κ2) is 5.80. The van der Waals surface area contributed by atoms with Crippen LogP contribution in [0.4, 0.5) is 0 Å². The van der Waals surface area contributed by atoms with Gasteiger partial charge in [0, 0.05) is 5.56 Å². The standard InChI is InChI=1S/C18H24O3/c1-13-11-15(14(2)19)5-6-17(13)20-12-16-7-10-18(21-16)8-3-4-9-18/h5-6,11,16H,3-4,7-10,12H2,1-2H3. The number of carbonyl (C=O) groups is 1. The molecule has 0 aromatic heterocycles. The molecule has 0 bridgehead atoms. The van der Waals surface area contributed by atoms with E-state index in [9.17, 15) is 4.79 Å². The Hall–Kier alpha value is -1.35. The van der Waals surface area contributed by atoms with E-state index in [2.05, 4.69) is 0 Å². The fourth-order valence-electron chi connectivity index (χ4n) is 3.61. The van der Waals surface area contributed by atoms with E-state index in [1.54, 1.807) is 6.92 Å². The largest absolute Gasteiger partial charge is 0.491 e. The van der Waals surface area contributed by atoms with Crippen molar-refractivity contribution in [2.75, 3.05) is 6.61 Å². The number of Topliss-reactive ketones (excluding diaryl/α,β-unsaturated/α-hetero) is 1. The molecule has 3 nitrogen and oxygen atoms in total. The van der Waals surface area contributed by atoms with Crippen molar-refractivity contribution in [1.82, 2.24) is 0 Å². The molecule has 1 aromatic carbocycles. The summed E-state index contributed by atoms with van der Waals surface area (Å²) in [7, 11) is 0. The summed E-state index contributed by atoms with van der Waals surface area (Å²) in [5, 5.41) is 0. The van der Waals surface area contributed by atoms with Gasteiger partial charge in [0.15, 0.2) is 5.78 Å². The second-order valence-corrected chi connectivity index (χ2v) is 6.52. The Kier molecular flexibility index (Phi) is 4.03. The van der Waals surface area contributed by atoms with Gasteiger partial charge < -0.3 is 9.47 Å². The van der Waals surface area contributed by atoms with Crippen molar-refractivity contribution in [3.8, 4) is 5.75 Å². The van der Waals surface area contributed by atoms with Crippen LogP contribution in [0.3, 0.4) is 0 Å². The van der Waals surface area contributed by atoms with Crippen LogP contribution in [0.1, 0.15) is 61.4 Å². The van der Waals surface area contributed by atoms with Crippen LogP contribution in [-0.4, -0.2) is 24.1 Å². The maximum absolute atomic E-state index is 11.4. The summed E-state index contributed by atoms with van der Waals surface area (Å²) in [5.74, 6) is 0.947. The summed E-state index contributed by atoms with van der Waals surface area (Å²) in [4.78, 5) is 11.4. The predicted molar refractivity (Wildman–Crippen MR) is 82.0 cm³/mol. The Morgan fingerprint density at radius 1 is 1.33 bits per heavy atom. The van der Waals surface area contributed by atoms with Crippen molar-refractivity contribution in [3.63, 3.8) is 0 Å². The lowest BCUT2D eigenvalue weighted by Gasteiger charge is -2.24. The molecular formula is C18H24O3. The van der Waals surface area contributed by atoms with Gasteiger partial charge in [0.25, 0.3) is 0 Å². The minimum absolute atomic E-state index is 0.0898. The van der Waals surface area contributed by atoms with E-state index in [1.165, 1.54) is 32.1 Å². The molecule has 1 unspecified atom stereocenters. The lowest BCUT2D eigenvalue weighted by Crippen LogP contribution is -2.27. The van der Waals surface area contributed by atoms with Crippen LogP contribution in [0.5, 0.6) is 5.75 Å². The van der Waals surface area contributed by atoms with E-state index < -0.39 is 0 Å². The van der Waals surface area contributed by atoms with Gasteiger partial charge in [-0.3, -0.25) is 4.79 Å². The van der Waals surface area contributed by atoms with Gasteiger partial charge in [-0.1, -0.05) is 12.8 Å². The Morgan fingerprint density at radius 2 is 2.10 bits per heavy atom. The average Bonchev–Trinajstić information content (AvgIpc) is 3.08. The summed E-state index contributed by atoms with van der Waals surface area (Å²) in [5.41, 5.74) is 1.92. The van der Waals surface area contributed by atoms with E-state index >= 15 is 0 Å². The van der Waals surface area contributed by atoms with E-state index in [1.807, 2.05) is 25.1 Å². The van der Waals surface area contributed by atoms with E-state index in [0.717, 1.165) is 23.3 Å². The van der Waals surface area contributed by atoms with Gasteiger partial charge >= 0.3 is 0 Å². The van der Waals surface area contributed by atoms with Crippen molar-refractivity contribution in [2.45, 2.75) is 64.1 Å². The van der Waals surface area contributed by atoms with E-state index in [0.29, 0.717) is 6.61 Å². The van der Waals surface area contributed by atoms with Gasteiger partial charge in [0.05, 0.1) is 11.7 Å². The molecule has 1 saturated heterocycles. The number of ether oxygens (including phenoxy) is 2. The first-order chi connectivity index (χ1) is 10.1. The van der Waals surface area contributed by atoms with Crippen LogP contribution in [-0.2, 0) is 4.74 Å². The fraction of sp³-hybridized carbons (Fsp3) is 0.611. The lowest BCUT2D eigenvalue weighted by atomic mass is 9.98. The molecule has 1 spiro atoms. The number of carbonyl (C=O) groups excluding carboxylic acids is 1. The van der Waals surface area contributed by atoms with Crippen LogP contribution in [0.2, 0.25) is 0 Å². The van der Waals surface area contributed by atoms with Crippen molar-refractivity contribution < 1.29 is 14.3 Å². The van der Waals surface area contributed by atoms with Crippen LogP contribution in [0.25, 0.3) is 0 Å². The minimum atomic E-state index is 0.0898. The molecule has 0 amide bonds. The number of ketones is 1. The van der Waals surface area contributed by atoms with Gasteiger partial charge in [-0.25, -0.2) is 0 Å². The van der Waals surface area contributed by atoms with Crippen LogP contribution >= 0.6 is 0 Å². The molecule has 21 heavy (non-hydrogen) atoms. The van der Waals surface area contributed by atoms with Gasteiger partial charge in [0.1, 0.15) is 12.4 Å². The average molecular weight is 288 g/mol. The highest BCUT2D eigenvalue weighted by Gasteiger charge is 2.42. The van der Waals surface area contributed by atoms with Crippen molar-refractivity contribution in [1.29, 1.82) is 0 Å². The van der Waals surface area contributed by atoms with Gasteiger partial charge in [-0.05, 0) is 63.3 Å². The summed E-state index contributed by atoms with van der Waals surface area (Å²) >= 11 is 0. The summed E-state index contributed by atoms with van der Waals surface area (Å²) < 4.78 is 12.2. The summed E-state index contributed by atoms with van der Waals surface area (Å²) in [6.07, 6.45) is 7.55. The van der Waals surface area contributed by atoms with Crippen molar-refractivity contribution in [3.05, 3.63) is 29.3 Å². The molecule has 0 N–H and O–H groups in total. The molecule has 1 aromatic rings. The molecule has 1 aliphatic carbocycles. The number of hydrogen-bond acceptors (Lipinski definition) is 3. The van der Waals surface area contributed by atoms with Crippen LogP contribution in [0.15, 0.2) is 18.2 Å². The zero-order valence-corrected chi connectivity index (χ0v) is 13.0. The van der Waals surface area contributed by atoms with Crippen molar-refractivity contribution in [2.24, 2.45) is 0 Å².